The second-order valence-corrected chi connectivity index (χ2v) is 2.74. The van der Waals surface area contributed by atoms with E-state index in [2.05, 4.69) is 13.2 Å². The number of carbonyl (C=O) groups is 1. The van der Waals surface area contributed by atoms with Crippen molar-refractivity contribution in [3.8, 4) is 0 Å². The summed E-state index contributed by atoms with van der Waals surface area (Å²) in [7, 11) is 0. The van der Waals surface area contributed by atoms with Crippen LogP contribution in [0.15, 0.2) is 25.0 Å². The van der Waals surface area contributed by atoms with Crippen molar-refractivity contribution in [1.29, 1.82) is 0 Å². The number of rotatable bonds is 9. The molecule has 0 aromatic carbocycles. The molecule has 0 fully saturated rings. The molecule has 0 N–H and O–H groups in total. The van der Waals surface area contributed by atoms with Gasteiger partial charge in [0.05, 0.1) is 19.5 Å². The number of carbonyl (C=O) groups excluding carboxylic acids is 1. The van der Waals surface area contributed by atoms with E-state index in [1.165, 1.54) is 6.26 Å². The molecule has 0 heterocycles. The van der Waals surface area contributed by atoms with Crippen molar-refractivity contribution in [3.05, 3.63) is 25.0 Å². The zero-order valence-corrected chi connectivity index (χ0v) is 9.16. The first kappa shape index (κ1) is 13.7. The number of hydrogen-bond donors (Lipinski definition) is 0. The first-order valence-corrected chi connectivity index (χ1v) is 4.87. The van der Waals surface area contributed by atoms with Crippen molar-refractivity contribution in [2.45, 2.75) is 13.3 Å². The third-order valence-electron chi connectivity index (χ3n) is 1.64. The molecule has 0 saturated carbocycles. The molecule has 0 atom stereocenters. The van der Waals surface area contributed by atoms with Gasteiger partial charge in [-0.25, -0.2) is 4.79 Å². The monoisotopic (exact) mass is 214 g/mol. The highest BCUT2D eigenvalue weighted by Gasteiger charge is 2.04. The zero-order chi connectivity index (χ0) is 11.5. The Labute approximate surface area is 90.5 Å². The summed E-state index contributed by atoms with van der Waals surface area (Å²) in [4.78, 5) is 11.1. The third kappa shape index (κ3) is 7.76. The highest BCUT2D eigenvalue weighted by atomic mass is 16.6. The third-order valence-corrected chi connectivity index (χ3v) is 1.64. The summed E-state index contributed by atoms with van der Waals surface area (Å²) in [6.07, 6.45) is 1.96. The van der Waals surface area contributed by atoms with Crippen molar-refractivity contribution in [1.82, 2.24) is 0 Å². The van der Waals surface area contributed by atoms with Gasteiger partial charge in [-0.3, -0.25) is 0 Å². The van der Waals surface area contributed by atoms with E-state index in [1.807, 2.05) is 6.92 Å². The molecule has 4 heteroatoms. The van der Waals surface area contributed by atoms with Crippen LogP contribution in [0.3, 0.4) is 0 Å². The van der Waals surface area contributed by atoms with Gasteiger partial charge in [0.25, 0.3) is 0 Å². The summed E-state index contributed by atoms with van der Waals surface area (Å²) < 4.78 is 14.8. The molecule has 0 aromatic rings. The Hall–Kier alpha value is -1.29. The van der Waals surface area contributed by atoms with Gasteiger partial charge in [0, 0.05) is 5.57 Å². The van der Waals surface area contributed by atoms with Crippen LogP contribution in [0.2, 0.25) is 0 Å². The molecule has 4 nitrogen and oxygen atoms in total. The first-order valence-electron chi connectivity index (χ1n) is 4.87. The molecule has 0 rings (SSSR count). The lowest BCUT2D eigenvalue weighted by atomic mass is 10.2. The minimum absolute atomic E-state index is 0.242. The summed E-state index contributed by atoms with van der Waals surface area (Å²) in [5, 5.41) is 0. The van der Waals surface area contributed by atoms with Crippen LogP contribution in [0, 0.1) is 0 Å². The SMILES string of the molecule is C=COCCOCCOC(=O)C(=C)CC. The summed E-state index contributed by atoms with van der Waals surface area (Å²) >= 11 is 0. The van der Waals surface area contributed by atoms with E-state index in [4.69, 9.17) is 14.2 Å². The van der Waals surface area contributed by atoms with Crippen molar-refractivity contribution >= 4 is 5.97 Å². The van der Waals surface area contributed by atoms with E-state index in [1.54, 1.807) is 0 Å². The van der Waals surface area contributed by atoms with Crippen molar-refractivity contribution < 1.29 is 19.0 Å². The fraction of sp³-hybridized carbons (Fsp3) is 0.545. The minimum Gasteiger partial charge on any atom is -0.499 e. The van der Waals surface area contributed by atoms with Crippen LogP contribution in [-0.4, -0.2) is 32.4 Å². The summed E-state index contributed by atoms with van der Waals surface area (Å²) in [6, 6.07) is 0. The molecule has 0 aromatic heterocycles. The molecule has 0 spiro atoms. The maximum Gasteiger partial charge on any atom is 0.333 e. The topological polar surface area (TPSA) is 44.8 Å². The standard InChI is InChI=1S/C11H18O4/c1-4-10(3)11(12)15-9-8-14-7-6-13-5-2/h5H,2-4,6-9H2,1H3. The van der Waals surface area contributed by atoms with Gasteiger partial charge in [-0.2, -0.15) is 0 Å². The van der Waals surface area contributed by atoms with Gasteiger partial charge in [0.1, 0.15) is 13.2 Å². The molecular formula is C11H18O4. The molecule has 86 valence electrons. The van der Waals surface area contributed by atoms with E-state index >= 15 is 0 Å². The van der Waals surface area contributed by atoms with Gasteiger partial charge in [-0.15, -0.1) is 0 Å². The second-order valence-electron chi connectivity index (χ2n) is 2.74. The lowest BCUT2D eigenvalue weighted by Crippen LogP contribution is -2.13. The first-order chi connectivity index (χ1) is 7.22. The largest absolute Gasteiger partial charge is 0.499 e. The van der Waals surface area contributed by atoms with Crippen LogP contribution in [0.4, 0.5) is 0 Å². The Bertz CT molecular complexity index is 211. The van der Waals surface area contributed by atoms with Crippen LogP contribution in [0.5, 0.6) is 0 Å². The highest BCUT2D eigenvalue weighted by Crippen LogP contribution is 1.98. The predicted octanol–water partition coefficient (Wildman–Crippen LogP) is 1.67. The lowest BCUT2D eigenvalue weighted by Gasteiger charge is -2.06. The molecule has 0 radical (unpaired) electrons. The summed E-state index contributed by atoms with van der Waals surface area (Å²) in [5.74, 6) is -0.358. The van der Waals surface area contributed by atoms with Crippen LogP contribution in [0.25, 0.3) is 0 Å². The number of ether oxygens (including phenoxy) is 3. The maximum atomic E-state index is 11.1. The van der Waals surface area contributed by atoms with Gasteiger partial charge >= 0.3 is 5.97 Å². The Morgan fingerprint density at radius 1 is 1.27 bits per heavy atom. The maximum absolute atomic E-state index is 11.1. The van der Waals surface area contributed by atoms with Gasteiger partial charge in [0.2, 0.25) is 0 Å². The summed E-state index contributed by atoms with van der Waals surface area (Å²) in [5.41, 5.74) is 0.477. The summed E-state index contributed by atoms with van der Waals surface area (Å²) in [6.45, 7) is 10.3. The minimum atomic E-state index is -0.358. The van der Waals surface area contributed by atoms with E-state index < -0.39 is 0 Å². The fourth-order valence-corrected chi connectivity index (χ4v) is 0.732. The normalized spacial score (nSPS) is 9.40. The van der Waals surface area contributed by atoms with E-state index in [0.717, 1.165) is 0 Å². The van der Waals surface area contributed by atoms with Gasteiger partial charge in [-0.05, 0) is 6.42 Å². The van der Waals surface area contributed by atoms with Crippen LogP contribution < -0.4 is 0 Å². The molecule has 0 aliphatic carbocycles. The molecule has 0 aliphatic heterocycles. The average molecular weight is 214 g/mol. The average Bonchev–Trinajstić information content (AvgIpc) is 2.26. The highest BCUT2D eigenvalue weighted by molar-refractivity contribution is 5.87. The van der Waals surface area contributed by atoms with Gasteiger partial charge < -0.3 is 14.2 Å². The molecule has 0 unspecified atom stereocenters. The number of esters is 1. The quantitative estimate of drug-likeness (QED) is 0.253. The molecule has 0 saturated heterocycles. The van der Waals surface area contributed by atoms with Crippen molar-refractivity contribution in [2.24, 2.45) is 0 Å². The Balaban J connectivity index is 3.27. The lowest BCUT2D eigenvalue weighted by molar-refractivity contribution is -0.140. The Morgan fingerprint density at radius 2 is 1.93 bits per heavy atom. The van der Waals surface area contributed by atoms with E-state index in [0.29, 0.717) is 31.8 Å². The predicted molar refractivity (Wildman–Crippen MR) is 57.4 cm³/mol. The van der Waals surface area contributed by atoms with Gasteiger partial charge in [-0.1, -0.05) is 20.1 Å². The molecule has 15 heavy (non-hydrogen) atoms. The Morgan fingerprint density at radius 3 is 2.53 bits per heavy atom. The van der Waals surface area contributed by atoms with Crippen LogP contribution in [0.1, 0.15) is 13.3 Å². The van der Waals surface area contributed by atoms with Crippen molar-refractivity contribution in [2.75, 3.05) is 26.4 Å². The second kappa shape index (κ2) is 9.27. The fourth-order valence-electron chi connectivity index (χ4n) is 0.732. The van der Waals surface area contributed by atoms with Gasteiger partial charge in [0.15, 0.2) is 0 Å². The molecule has 0 aliphatic rings. The number of hydrogen-bond acceptors (Lipinski definition) is 4. The molecule has 0 amide bonds. The van der Waals surface area contributed by atoms with E-state index in [-0.39, 0.29) is 12.6 Å². The van der Waals surface area contributed by atoms with Crippen molar-refractivity contribution in [3.63, 3.8) is 0 Å². The van der Waals surface area contributed by atoms with Crippen LogP contribution >= 0.6 is 0 Å². The Kier molecular flexibility index (Phi) is 8.47. The molecular weight excluding hydrogens is 196 g/mol. The zero-order valence-electron chi connectivity index (χ0n) is 9.16. The smallest absolute Gasteiger partial charge is 0.333 e. The van der Waals surface area contributed by atoms with E-state index in [9.17, 15) is 4.79 Å². The molecule has 0 bridgehead atoms. The van der Waals surface area contributed by atoms with Crippen LogP contribution in [-0.2, 0) is 19.0 Å².